The van der Waals surface area contributed by atoms with E-state index in [0.717, 1.165) is 41.5 Å². The number of hydrogen-bond donors (Lipinski definition) is 1. The predicted octanol–water partition coefficient (Wildman–Crippen LogP) is 3.56. The molecule has 1 aromatic carbocycles. The molecule has 6 unspecified atom stereocenters. The van der Waals surface area contributed by atoms with E-state index in [-0.39, 0.29) is 12.0 Å². The molecule has 2 amide bonds. The summed E-state index contributed by atoms with van der Waals surface area (Å²) >= 11 is 0. The summed E-state index contributed by atoms with van der Waals surface area (Å²) in [5, 5.41) is 10.7. The summed E-state index contributed by atoms with van der Waals surface area (Å²) in [7, 11) is 0. The van der Waals surface area contributed by atoms with Gasteiger partial charge >= 0.3 is 6.09 Å². The molecule has 8 nitrogen and oxygen atoms in total. The first-order chi connectivity index (χ1) is 17.1. The topological polar surface area (TPSA) is 91.4 Å². The van der Waals surface area contributed by atoms with Gasteiger partial charge in [0.15, 0.2) is 0 Å². The van der Waals surface area contributed by atoms with Crippen molar-refractivity contribution >= 4 is 23.0 Å². The fraction of sp³-hybridized carbons (Fsp3) is 0.704. The van der Waals surface area contributed by atoms with E-state index in [1.54, 1.807) is 6.07 Å². The minimum absolute atomic E-state index is 0.0345. The third-order valence-electron chi connectivity index (χ3n) is 10.8. The maximum Gasteiger partial charge on any atom is 0.409 e. The van der Waals surface area contributed by atoms with Crippen LogP contribution in [-0.4, -0.2) is 70.0 Å². The standard InChI is InChI=1S/C27H33N5O3/c33-25(17-1-2-22-23(9-17)29-30-28-22)31-11-19-13-32(14-20(19)12-31)26(34)35-4-3-27-10-16-5-15-6-18(7-16)24(27)21(27)8-15/h1-2,9,15-16,18-21,24H,3-8,10-14H2,(H,28,29,30)/t15?,16?,18?,19-,20+,21?,24?,27?. The van der Waals surface area contributed by atoms with Crippen molar-refractivity contribution in [2.24, 2.45) is 46.8 Å². The van der Waals surface area contributed by atoms with Gasteiger partial charge in [0, 0.05) is 43.6 Å². The number of amides is 2. The maximum atomic E-state index is 13.1. The molecule has 35 heavy (non-hydrogen) atoms. The van der Waals surface area contributed by atoms with E-state index >= 15 is 0 Å². The number of aromatic nitrogens is 3. The molecule has 3 heterocycles. The summed E-state index contributed by atoms with van der Waals surface area (Å²) < 4.78 is 5.85. The maximum absolute atomic E-state index is 13.1. The summed E-state index contributed by atoms with van der Waals surface area (Å²) in [6, 6.07) is 5.44. The number of carbonyl (C=O) groups excluding carboxylic acids is 2. The molecule has 2 aliphatic heterocycles. The molecule has 8 heteroatoms. The van der Waals surface area contributed by atoms with Gasteiger partial charge in [-0.2, -0.15) is 15.4 Å². The molecule has 1 aromatic heterocycles. The minimum atomic E-state index is -0.148. The Morgan fingerprint density at radius 3 is 2.57 bits per heavy atom. The molecular formula is C27H33N5O3. The first kappa shape index (κ1) is 20.5. The number of fused-ring (bicyclic) bond motifs is 5. The van der Waals surface area contributed by atoms with Gasteiger partial charge in [-0.1, -0.05) is 0 Å². The number of rotatable bonds is 4. The highest BCUT2D eigenvalue weighted by molar-refractivity contribution is 5.97. The molecule has 184 valence electrons. The van der Waals surface area contributed by atoms with Gasteiger partial charge in [-0.3, -0.25) is 4.79 Å². The van der Waals surface area contributed by atoms with Crippen LogP contribution in [0.3, 0.4) is 0 Å². The van der Waals surface area contributed by atoms with Crippen LogP contribution >= 0.6 is 0 Å². The molecule has 3 bridgehead atoms. The van der Waals surface area contributed by atoms with Gasteiger partial charge in [-0.25, -0.2) is 4.79 Å². The lowest BCUT2D eigenvalue weighted by Crippen LogP contribution is -2.36. The van der Waals surface area contributed by atoms with Crippen LogP contribution in [0.4, 0.5) is 4.79 Å². The van der Waals surface area contributed by atoms with Gasteiger partial charge in [-0.05, 0) is 91.7 Å². The van der Waals surface area contributed by atoms with Gasteiger partial charge in [0.05, 0.1) is 6.61 Å². The SMILES string of the molecule is O=C(OCCC12CC3CC4CC(C3)C1C2C4)N1C[C@@H]2CN(C(=O)c3ccc4n[nH]nc4c3)C[C@@H]2C1. The Hall–Kier alpha value is -2.64. The molecule has 1 N–H and O–H groups in total. The van der Waals surface area contributed by atoms with E-state index in [4.69, 9.17) is 4.74 Å². The Kier molecular flexibility index (Phi) is 4.23. The number of ether oxygens (including phenoxy) is 1. The number of benzene rings is 1. The molecular weight excluding hydrogens is 442 g/mol. The predicted molar refractivity (Wildman–Crippen MR) is 127 cm³/mol. The molecule has 2 aromatic rings. The summed E-state index contributed by atoms with van der Waals surface area (Å²) in [5.74, 6) is 5.48. The van der Waals surface area contributed by atoms with Crippen molar-refractivity contribution in [2.45, 2.75) is 38.5 Å². The van der Waals surface area contributed by atoms with Crippen LogP contribution in [0.5, 0.6) is 0 Å². The number of hydrogen-bond acceptors (Lipinski definition) is 5. The Morgan fingerprint density at radius 2 is 1.71 bits per heavy atom. The van der Waals surface area contributed by atoms with Gasteiger partial charge in [0.25, 0.3) is 5.91 Å². The quantitative estimate of drug-likeness (QED) is 0.730. The zero-order chi connectivity index (χ0) is 23.3. The zero-order valence-electron chi connectivity index (χ0n) is 20.1. The van der Waals surface area contributed by atoms with Crippen molar-refractivity contribution in [3.8, 4) is 0 Å². The number of H-pyrrole nitrogens is 1. The minimum Gasteiger partial charge on any atom is -0.449 e. The lowest BCUT2D eigenvalue weighted by molar-refractivity contribution is 0.0653. The lowest BCUT2D eigenvalue weighted by Gasteiger charge is -2.42. The second-order valence-corrected chi connectivity index (χ2v) is 12.5. The summed E-state index contributed by atoms with van der Waals surface area (Å²) in [5.41, 5.74) is 2.62. The van der Waals surface area contributed by atoms with Crippen LogP contribution in [0.1, 0.15) is 48.9 Å². The highest BCUT2D eigenvalue weighted by atomic mass is 16.6. The molecule has 6 fully saturated rings. The fourth-order valence-corrected chi connectivity index (χ4v) is 9.58. The molecule has 0 spiro atoms. The smallest absolute Gasteiger partial charge is 0.409 e. The monoisotopic (exact) mass is 475 g/mol. The Labute approximate surface area is 204 Å². The van der Waals surface area contributed by atoms with E-state index in [2.05, 4.69) is 15.4 Å². The van der Waals surface area contributed by atoms with E-state index in [0.29, 0.717) is 61.1 Å². The van der Waals surface area contributed by atoms with Gasteiger partial charge in [0.2, 0.25) is 0 Å². The lowest BCUT2D eigenvalue weighted by atomic mass is 9.63. The van der Waals surface area contributed by atoms with E-state index in [1.807, 2.05) is 21.9 Å². The number of nitrogens with one attached hydrogen (secondary N) is 1. The Balaban J connectivity index is 0.850. The average Bonchev–Trinajstić information content (AvgIpc) is 3.24. The van der Waals surface area contributed by atoms with Crippen LogP contribution in [0, 0.1) is 46.8 Å². The van der Waals surface area contributed by atoms with Crippen molar-refractivity contribution in [1.29, 1.82) is 0 Å². The highest BCUT2D eigenvalue weighted by Crippen LogP contribution is 2.78. The molecule has 0 radical (unpaired) electrons. The zero-order valence-corrected chi connectivity index (χ0v) is 20.1. The van der Waals surface area contributed by atoms with E-state index in [1.165, 1.54) is 32.1 Å². The largest absolute Gasteiger partial charge is 0.449 e. The van der Waals surface area contributed by atoms with Gasteiger partial charge in [-0.15, -0.1) is 0 Å². The van der Waals surface area contributed by atoms with Crippen molar-refractivity contribution in [1.82, 2.24) is 25.2 Å². The van der Waals surface area contributed by atoms with Crippen LogP contribution in [0.2, 0.25) is 0 Å². The number of nitrogens with zero attached hydrogens (tertiary/aromatic N) is 4. The Bertz CT molecular complexity index is 1190. The number of likely N-dealkylation sites (tertiary alicyclic amines) is 2. The number of aromatic amines is 1. The molecule has 6 aliphatic rings. The van der Waals surface area contributed by atoms with Crippen molar-refractivity contribution in [2.75, 3.05) is 32.8 Å². The summed E-state index contributed by atoms with van der Waals surface area (Å²) in [6.45, 7) is 3.35. The Morgan fingerprint density at radius 1 is 0.943 bits per heavy atom. The first-order valence-electron chi connectivity index (χ1n) is 13.6. The van der Waals surface area contributed by atoms with Gasteiger partial charge < -0.3 is 14.5 Å². The van der Waals surface area contributed by atoms with E-state index in [9.17, 15) is 9.59 Å². The number of carbonyl (C=O) groups is 2. The molecule has 2 saturated heterocycles. The van der Waals surface area contributed by atoms with Gasteiger partial charge in [0.1, 0.15) is 11.0 Å². The summed E-state index contributed by atoms with van der Waals surface area (Å²) in [6.07, 6.45) is 8.19. The first-order valence-corrected chi connectivity index (χ1v) is 13.6. The van der Waals surface area contributed by atoms with Crippen LogP contribution in [0.15, 0.2) is 18.2 Å². The molecule has 8 atom stereocenters. The third kappa shape index (κ3) is 3.04. The van der Waals surface area contributed by atoms with Crippen molar-refractivity contribution in [3.63, 3.8) is 0 Å². The molecule has 4 aliphatic carbocycles. The highest BCUT2D eigenvalue weighted by Gasteiger charge is 2.72. The normalized spacial score (nSPS) is 40.3. The molecule has 4 saturated carbocycles. The second kappa shape index (κ2) is 7.20. The average molecular weight is 476 g/mol. The fourth-order valence-electron chi connectivity index (χ4n) is 9.58. The van der Waals surface area contributed by atoms with Crippen molar-refractivity contribution in [3.05, 3.63) is 23.8 Å². The second-order valence-electron chi connectivity index (χ2n) is 12.5. The van der Waals surface area contributed by atoms with E-state index < -0.39 is 0 Å². The third-order valence-corrected chi connectivity index (χ3v) is 10.8. The van der Waals surface area contributed by atoms with Crippen LogP contribution in [0.25, 0.3) is 11.0 Å². The van der Waals surface area contributed by atoms with Crippen LogP contribution in [-0.2, 0) is 4.74 Å². The summed E-state index contributed by atoms with van der Waals surface area (Å²) in [4.78, 5) is 29.7. The van der Waals surface area contributed by atoms with Crippen molar-refractivity contribution < 1.29 is 14.3 Å². The van der Waals surface area contributed by atoms with Crippen LogP contribution < -0.4 is 0 Å². The molecule has 8 rings (SSSR count).